The van der Waals surface area contributed by atoms with Crippen LogP contribution in [0.4, 0.5) is 0 Å². The highest BCUT2D eigenvalue weighted by Crippen LogP contribution is 2.26. The molecule has 4 fully saturated rings. The van der Waals surface area contributed by atoms with E-state index in [1.165, 1.54) is 0 Å². The predicted octanol–water partition coefficient (Wildman–Crippen LogP) is -4.85. The Hall–Kier alpha value is -2.82. The normalized spacial score (nSPS) is 35.5. The summed E-state index contributed by atoms with van der Waals surface area (Å²) in [6.45, 7) is 0. The maximum Gasteiger partial charge on any atom is 0.244 e. The molecule has 0 radical (unpaired) electrons. The van der Waals surface area contributed by atoms with Crippen LogP contribution in [0.2, 0.25) is 0 Å². The van der Waals surface area contributed by atoms with Gasteiger partial charge >= 0.3 is 0 Å². The molecule has 3 saturated heterocycles. The van der Waals surface area contributed by atoms with E-state index in [2.05, 4.69) is 16.3 Å². The summed E-state index contributed by atoms with van der Waals surface area (Å²) >= 11 is 0. The van der Waals surface area contributed by atoms with E-state index in [1.807, 2.05) is 0 Å². The molecule has 6 amide bonds. The van der Waals surface area contributed by atoms with Crippen LogP contribution in [0.1, 0.15) is 38.5 Å². The number of aliphatic hydroxyl groups is 3. The quantitative estimate of drug-likeness (QED) is 0.203. The molecule has 0 aromatic heterocycles. The van der Waals surface area contributed by atoms with Crippen LogP contribution in [0.5, 0.6) is 0 Å². The Morgan fingerprint density at radius 1 is 0.455 bits per heavy atom. The van der Waals surface area contributed by atoms with Gasteiger partial charge < -0.3 is 15.3 Å². The summed E-state index contributed by atoms with van der Waals surface area (Å²) in [6.07, 6.45) is -5.64. The Morgan fingerprint density at radius 2 is 0.636 bits per heavy atom. The number of imide groups is 3. The highest BCUT2D eigenvalue weighted by atomic mass is 16.3. The van der Waals surface area contributed by atoms with Crippen LogP contribution in [-0.2, 0) is 28.8 Å². The fourth-order valence-corrected chi connectivity index (χ4v) is 4.34. The van der Waals surface area contributed by atoms with E-state index in [-0.39, 0.29) is 38.5 Å². The zero-order valence-corrected chi connectivity index (χ0v) is 17.3. The third-order valence-corrected chi connectivity index (χ3v) is 6.20. The van der Waals surface area contributed by atoms with E-state index in [1.54, 1.807) is 0 Å². The average molecular weight is 468 g/mol. The van der Waals surface area contributed by atoms with Crippen LogP contribution >= 0.6 is 0 Å². The first kappa shape index (κ1) is 23.3. The summed E-state index contributed by atoms with van der Waals surface area (Å²) in [5.74, 6) is -3.61. The molecule has 6 N–H and O–H groups in total. The van der Waals surface area contributed by atoms with Crippen molar-refractivity contribution in [2.75, 3.05) is 0 Å². The third-order valence-electron chi connectivity index (χ3n) is 6.20. The number of aliphatic hydroxyl groups excluding tert-OH is 3. The first-order chi connectivity index (χ1) is 15.6. The van der Waals surface area contributed by atoms with Crippen LogP contribution in [0.3, 0.4) is 0 Å². The fraction of sp³-hybridized carbons (Fsp3) is 0.667. The first-order valence-corrected chi connectivity index (χ1v) is 10.5. The molecule has 0 unspecified atom stereocenters. The lowest BCUT2D eigenvalue weighted by molar-refractivity contribution is -0.162. The van der Waals surface area contributed by atoms with Gasteiger partial charge in [0.15, 0.2) is 0 Å². The number of carbonyl (C=O) groups is 6. The van der Waals surface area contributed by atoms with Gasteiger partial charge in [-0.1, -0.05) is 0 Å². The summed E-state index contributed by atoms with van der Waals surface area (Å²) < 4.78 is 0. The van der Waals surface area contributed by atoms with Crippen LogP contribution < -0.4 is 16.3 Å². The van der Waals surface area contributed by atoms with E-state index in [0.29, 0.717) is 15.0 Å². The van der Waals surface area contributed by atoms with Gasteiger partial charge in [-0.05, 0) is 0 Å². The maximum absolute atomic E-state index is 12.0. The second-order valence-corrected chi connectivity index (χ2v) is 8.31. The van der Waals surface area contributed by atoms with Gasteiger partial charge in [0.2, 0.25) is 35.4 Å². The number of hydrogen-bond acceptors (Lipinski definition) is 12. The van der Waals surface area contributed by atoms with Gasteiger partial charge in [-0.3, -0.25) is 28.8 Å². The van der Waals surface area contributed by atoms with Gasteiger partial charge in [-0.2, -0.15) is 0 Å². The van der Waals surface area contributed by atoms with E-state index >= 15 is 0 Å². The molecule has 0 bridgehead atoms. The SMILES string of the molecule is O=C1CCC(=O)N1NC1C(O)C(NN2C(=O)CCC2=O)C(O)C(NN2C(=O)CCC2=O)C1O. The number of amides is 6. The molecule has 1 aliphatic carbocycles. The monoisotopic (exact) mass is 468 g/mol. The van der Waals surface area contributed by atoms with Gasteiger partial charge in [-0.15, -0.1) is 0 Å². The van der Waals surface area contributed by atoms with Crippen LogP contribution in [-0.4, -0.2) is 102 Å². The van der Waals surface area contributed by atoms with Crippen molar-refractivity contribution in [3.8, 4) is 0 Å². The van der Waals surface area contributed by atoms with E-state index in [4.69, 9.17) is 0 Å². The lowest BCUT2D eigenvalue weighted by atomic mass is 9.80. The van der Waals surface area contributed by atoms with Gasteiger partial charge in [0.25, 0.3) is 0 Å². The Bertz CT molecular complexity index is 738. The summed E-state index contributed by atoms with van der Waals surface area (Å²) in [5.41, 5.74) is 7.38. The molecule has 0 spiro atoms. The summed E-state index contributed by atoms with van der Waals surface area (Å²) in [4.78, 5) is 72.2. The second kappa shape index (κ2) is 8.85. The third kappa shape index (κ3) is 4.14. The molecule has 180 valence electrons. The molecule has 0 atom stereocenters. The zero-order chi connectivity index (χ0) is 24.0. The number of hydrogen-bond donors (Lipinski definition) is 6. The maximum atomic E-state index is 12.0. The number of nitrogens with zero attached hydrogens (tertiary/aromatic N) is 3. The molecule has 15 nitrogen and oxygen atoms in total. The molecule has 15 heteroatoms. The topological polar surface area (TPSA) is 209 Å². The van der Waals surface area contributed by atoms with Gasteiger partial charge in [0, 0.05) is 38.5 Å². The van der Waals surface area contributed by atoms with E-state index in [9.17, 15) is 44.1 Å². The minimum Gasteiger partial charge on any atom is -0.390 e. The lowest BCUT2D eigenvalue weighted by Crippen LogP contribution is -2.77. The molecule has 4 rings (SSSR count). The molecule has 0 aromatic rings. The van der Waals surface area contributed by atoms with Crippen molar-refractivity contribution in [3.05, 3.63) is 0 Å². The standard InChI is InChI=1S/C18H24N6O9/c25-7-1-2-8(26)22(7)19-13-16(31)14(20-23-9(27)3-4-10(23)28)18(33)15(17(13)32)21-24-11(29)5-6-12(24)30/h13-21,31-33H,1-6H2. The second-order valence-electron chi connectivity index (χ2n) is 8.31. The van der Waals surface area contributed by atoms with E-state index < -0.39 is 71.9 Å². The summed E-state index contributed by atoms with van der Waals surface area (Å²) in [5, 5.41) is 34.6. The number of nitrogens with one attached hydrogen (secondary N) is 3. The van der Waals surface area contributed by atoms with Crippen molar-refractivity contribution in [2.45, 2.75) is 75.0 Å². The Balaban J connectivity index is 1.62. The molecule has 4 aliphatic rings. The van der Waals surface area contributed by atoms with Crippen LogP contribution in [0.25, 0.3) is 0 Å². The Labute approximate surface area is 186 Å². The number of rotatable bonds is 6. The Kier molecular flexibility index (Phi) is 6.26. The van der Waals surface area contributed by atoms with Gasteiger partial charge in [0.05, 0.1) is 36.4 Å². The average Bonchev–Trinajstić information content (AvgIpc) is 3.38. The van der Waals surface area contributed by atoms with Crippen molar-refractivity contribution in [1.82, 2.24) is 31.3 Å². The molecule has 3 aliphatic heterocycles. The van der Waals surface area contributed by atoms with Gasteiger partial charge in [0.1, 0.15) is 0 Å². The van der Waals surface area contributed by atoms with E-state index in [0.717, 1.165) is 0 Å². The van der Waals surface area contributed by atoms with Crippen molar-refractivity contribution >= 4 is 35.4 Å². The van der Waals surface area contributed by atoms with Crippen molar-refractivity contribution in [3.63, 3.8) is 0 Å². The molecule has 1 saturated carbocycles. The zero-order valence-electron chi connectivity index (χ0n) is 17.3. The smallest absolute Gasteiger partial charge is 0.244 e. The number of hydrazine groups is 3. The largest absolute Gasteiger partial charge is 0.390 e. The minimum atomic E-state index is -1.72. The molecule has 33 heavy (non-hydrogen) atoms. The molecular formula is C18H24N6O9. The van der Waals surface area contributed by atoms with Gasteiger partial charge in [-0.25, -0.2) is 31.3 Å². The van der Waals surface area contributed by atoms with Crippen LogP contribution in [0, 0.1) is 0 Å². The highest BCUT2D eigenvalue weighted by molar-refractivity contribution is 6.02. The molecule has 3 heterocycles. The van der Waals surface area contributed by atoms with Crippen molar-refractivity contribution in [2.24, 2.45) is 0 Å². The van der Waals surface area contributed by atoms with Crippen molar-refractivity contribution in [1.29, 1.82) is 0 Å². The van der Waals surface area contributed by atoms with Crippen LogP contribution in [0.15, 0.2) is 0 Å². The lowest BCUT2D eigenvalue weighted by Gasteiger charge is -2.48. The summed E-state index contributed by atoms with van der Waals surface area (Å²) in [7, 11) is 0. The summed E-state index contributed by atoms with van der Waals surface area (Å²) in [6, 6.07) is -4.43. The fourth-order valence-electron chi connectivity index (χ4n) is 4.34. The Morgan fingerprint density at radius 3 is 0.818 bits per heavy atom. The molecule has 0 aromatic carbocycles. The predicted molar refractivity (Wildman–Crippen MR) is 102 cm³/mol. The minimum absolute atomic E-state index is 0.0791. The van der Waals surface area contributed by atoms with Crippen molar-refractivity contribution < 1.29 is 44.1 Å². The highest BCUT2D eigenvalue weighted by Gasteiger charge is 2.53. The first-order valence-electron chi connectivity index (χ1n) is 10.5. The molecular weight excluding hydrogens is 444 g/mol. The number of carbonyl (C=O) groups excluding carboxylic acids is 6.